The third-order valence-electron chi connectivity index (χ3n) is 4.31. The van der Waals surface area contributed by atoms with Crippen LogP contribution in [0.4, 0.5) is 5.13 Å². The minimum Gasteiger partial charge on any atom is -0.351 e. The topological polar surface area (TPSA) is 72.1 Å². The number of carbonyl (C=O) groups excluding carboxylic acids is 1. The number of aromatic nitrogens is 3. The molecule has 27 heavy (non-hydrogen) atoms. The second kappa shape index (κ2) is 6.92. The standard InChI is InChI=1S/C20H18N4O2S/c1-12-6-7-13(2)18-17(12)22-20(27-18)24(11-15-5-4-8-21-10-15)19(25)16-9-14(3)23-26-16/h4-10H,11H2,1-3H3. The first kappa shape index (κ1) is 17.4. The van der Waals surface area contributed by atoms with Crippen molar-refractivity contribution >= 4 is 32.6 Å². The van der Waals surface area contributed by atoms with Gasteiger partial charge in [-0.2, -0.15) is 0 Å². The number of pyridine rings is 1. The summed E-state index contributed by atoms with van der Waals surface area (Å²) in [5.41, 5.74) is 4.73. The Kier molecular flexibility index (Phi) is 4.45. The molecular weight excluding hydrogens is 360 g/mol. The number of amides is 1. The van der Waals surface area contributed by atoms with Crippen molar-refractivity contribution in [3.05, 3.63) is 70.9 Å². The van der Waals surface area contributed by atoms with Crippen LogP contribution in [0.5, 0.6) is 0 Å². The number of hydrogen-bond donors (Lipinski definition) is 0. The van der Waals surface area contributed by atoms with Crippen molar-refractivity contribution in [2.45, 2.75) is 27.3 Å². The Bertz CT molecular complexity index is 1080. The van der Waals surface area contributed by atoms with Crippen molar-refractivity contribution in [2.75, 3.05) is 4.90 Å². The van der Waals surface area contributed by atoms with Crippen LogP contribution in [0.15, 0.2) is 47.2 Å². The summed E-state index contributed by atoms with van der Waals surface area (Å²) in [6.07, 6.45) is 3.45. The maximum absolute atomic E-state index is 13.1. The molecule has 0 aliphatic carbocycles. The molecule has 0 saturated heterocycles. The zero-order valence-electron chi connectivity index (χ0n) is 15.3. The van der Waals surface area contributed by atoms with E-state index in [0.717, 1.165) is 26.9 Å². The minimum atomic E-state index is -0.270. The Labute approximate surface area is 160 Å². The number of fused-ring (bicyclic) bond motifs is 1. The molecule has 0 fully saturated rings. The number of aryl methyl sites for hydroxylation is 3. The highest BCUT2D eigenvalue weighted by Crippen LogP contribution is 2.34. The molecule has 0 spiro atoms. The van der Waals surface area contributed by atoms with E-state index < -0.39 is 0 Å². The van der Waals surface area contributed by atoms with Crippen molar-refractivity contribution < 1.29 is 9.32 Å². The summed E-state index contributed by atoms with van der Waals surface area (Å²) in [7, 11) is 0. The molecule has 0 aliphatic rings. The number of rotatable bonds is 4. The third kappa shape index (κ3) is 3.33. The summed E-state index contributed by atoms with van der Waals surface area (Å²) in [4.78, 5) is 23.7. The number of benzene rings is 1. The summed E-state index contributed by atoms with van der Waals surface area (Å²) < 4.78 is 6.29. The van der Waals surface area contributed by atoms with E-state index in [1.807, 2.05) is 25.1 Å². The van der Waals surface area contributed by atoms with Crippen LogP contribution in [0.25, 0.3) is 10.2 Å². The lowest BCUT2D eigenvalue weighted by atomic mass is 10.1. The molecule has 0 N–H and O–H groups in total. The number of thiazole rings is 1. The van der Waals surface area contributed by atoms with E-state index in [2.05, 4.69) is 23.1 Å². The zero-order valence-corrected chi connectivity index (χ0v) is 16.1. The molecule has 3 heterocycles. The fraction of sp³-hybridized carbons (Fsp3) is 0.200. The van der Waals surface area contributed by atoms with Gasteiger partial charge in [0.1, 0.15) is 0 Å². The lowest BCUT2D eigenvalue weighted by Gasteiger charge is -2.18. The highest BCUT2D eigenvalue weighted by molar-refractivity contribution is 7.22. The Hall–Kier alpha value is -3.06. The van der Waals surface area contributed by atoms with Gasteiger partial charge in [0.25, 0.3) is 5.91 Å². The van der Waals surface area contributed by atoms with Gasteiger partial charge in [0.2, 0.25) is 5.76 Å². The van der Waals surface area contributed by atoms with Crippen molar-refractivity contribution in [1.29, 1.82) is 0 Å². The maximum atomic E-state index is 13.1. The van der Waals surface area contributed by atoms with Crippen LogP contribution in [0.3, 0.4) is 0 Å². The van der Waals surface area contributed by atoms with Gasteiger partial charge in [0.05, 0.1) is 22.5 Å². The summed E-state index contributed by atoms with van der Waals surface area (Å²) in [5, 5.41) is 4.47. The Morgan fingerprint density at radius 1 is 1.19 bits per heavy atom. The molecule has 4 aromatic rings. The fourth-order valence-electron chi connectivity index (χ4n) is 2.86. The number of nitrogens with zero attached hydrogens (tertiary/aromatic N) is 4. The van der Waals surface area contributed by atoms with Gasteiger partial charge < -0.3 is 4.52 Å². The first-order valence-electron chi connectivity index (χ1n) is 8.54. The molecule has 0 unspecified atom stereocenters. The minimum absolute atomic E-state index is 0.198. The van der Waals surface area contributed by atoms with E-state index in [-0.39, 0.29) is 11.7 Å². The van der Waals surface area contributed by atoms with Crippen molar-refractivity contribution in [3.63, 3.8) is 0 Å². The zero-order chi connectivity index (χ0) is 19.0. The first-order chi connectivity index (χ1) is 13.0. The quantitative estimate of drug-likeness (QED) is 0.524. The molecule has 0 radical (unpaired) electrons. The average Bonchev–Trinajstić information content (AvgIpc) is 3.30. The normalized spacial score (nSPS) is 11.1. The van der Waals surface area contributed by atoms with Crippen molar-refractivity contribution in [2.24, 2.45) is 0 Å². The summed E-state index contributed by atoms with van der Waals surface area (Å²) >= 11 is 1.51. The Morgan fingerprint density at radius 3 is 2.67 bits per heavy atom. The highest BCUT2D eigenvalue weighted by Gasteiger charge is 2.25. The smallest absolute Gasteiger partial charge is 0.298 e. The molecule has 7 heteroatoms. The predicted octanol–water partition coefficient (Wildman–Crippen LogP) is 4.45. The van der Waals surface area contributed by atoms with Crippen molar-refractivity contribution in [3.8, 4) is 0 Å². The van der Waals surface area contributed by atoms with Gasteiger partial charge in [-0.25, -0.2) is 4.98 Å². The lowest BCUT2D eigenvalue weighted by molar-refractivity contribution is 0.0949. The molecule has 4 rings (SSSR count). The van der Waals surface area contributed by atoms with Crippen LogP contribution in [-0.4, -0.2) is 21.0 Å². The Morgan fingerprint density at radius 2 is 2.00 bits per heavy atom. The summed E-state index contributed by atoms with van der Waals surface area (Å²) in [5.74, 6) is -0.0714. The van der Waals surface area contributed by atoms with Gasteiger partial charge in [0.15, 0.2) is 5.13 Å². The maximum Gasteiger partial charge on any atom is 0.298 e. The van der Waals surface area contributed by atoms with Gasteiger partial charge in [-0.05, 0) is 43.5 Å². The highest BCUT2D eigenvalue weighted by atomic mass is 32.1. The number of anilines is 1. The number of hydrogen-bond acceptors (Lipinski definition) is 6. The van der Waals surface area contributed by atoms with Crippen LogP contribution in [0.1, 0.15) is 32.9 Å². The van der Waals surface area contributed by atoms with Gasteiger partial charge >= 0.3 is 0 Å². The van der Waals surface area contributed by atoms with Crippen LogP contribution in [0, 0.1) is 20.8 Å². The predicted molar refractivity (Wildman–Crippen MR) is 105 cm³/mol. The van der Waals surface area contributed by atoms with Crippen LogP contribution < -0.4 is 4.90 Å². The van der Waals surface area contributed by atoms with E-state index in [4.69, 9.17) is 9.51 Å². The monoisotopic (exact) mass is 378 g/mol. The largest absolute Gasteiger partial charge is 0.351 e. The molecule has 0 saturated carbocycles. The van der Waals surface area contributed by atoms with Crippen LogP contribution >= 0.6 is 11.3 Å². The number of carbonyl (C=O) groups is 1. The van der Waals surface area contributed by atoms with Gasteiger partial charge in [-0.3, -0.25) is 14.7 Å². The van der Waals surface area contributed by atoms with E-state index >= 15 is 0 Å². The average molecular weight is 378 g/mol. The van der Waals surface area contributed by atoms with E-state index in [0.29, 0.717) is 17.4 Å². The molecule has 1 aromatic carbocycles. The Balaban J connectivity index is 1.81. The lowest BCUT2D eigenvalue weighted by Crippen LogP contribution is -2.30. The molecule has 1 amide bonds. The van der Waals surface area contributed by atoms with Crippen LogP contribution in [-0.2, 0) is 6.54 Å². The molecule has 0 bridgehead atoms. The van der Waals surface area contributed by atoms with E-state index in [1.165, 1.54) is 11.3 Å². The second-order valence-electron chi connectivity index (χ2n) is 6.46. The molecule has 3 aromatic heterocycles. The molecular formula is C20H18N4O2S. The van der Waals surface area contributed by atoms with Gasteiger partial charge in [-0.15, -0.1) is 0 Å². The van der Waals surface area contributed by atoms with Gasteiger partial charge in [-0.1, -0.05) is 34.7 Å². The fourth-order valence-corrected chi connectivity index (χ4v) is 3.97. The second-order valence-corrected chi connectivity index (χ2v) is 7.44. The molecule has 6 nitrogen and oxygen atoms in total. The molecule has 0 atom stereocenters. The van der Waals surface area contributed by atoms with Crippen molar-refractivity contribution in [1.82, 2.24) is 15.1 Å². The SMILES string of the molecule is Cc1cc(C(=O)N(Cc2cccnc2)c2nc3c(C)ccc(C)c3s2)on1. The van der Waals surface area contributed by atoms with E-state index in [1.54, 1.807) is 30.3 Å². The third-order valence-corrected chi connectivity index (χ3v) is 5.52. The van der Waals surface area contributed by atoms with Crippen LogP contribution in [0.2, 0.25) is 0 Å². The summed E-state index contributed by atoms with van der Waals surface area (Å²) in [6.45, 7) is 6.22. The first-order valence-corrected chi connectivity index (χ1v) is 9.35. The van der Waals surface area contributed by atoms with E-state index in [9.17, 15) is 4.79 Å². The summed E-state index contributed by atoms with van der Waals surface area (Å²) in [6, 6.07) is 9.55. The molecule has 0 aliphatic heterocycles. The van der Waals surface area contributed by atoms with Gasteiger partial charge in [0, 0.05) is 18.5 Å². The molecule has 136 valence electrons.